The van der Waals surface area contributed by atoms with E-state index in [4.69, 9.17) is 5.73 Å². The summed E-state index contributed by atoms with van der Waals surface area (Å²) in [6, 6.07) is 14.8. The Morgan fingerprint density at radius 3 is 2.43 bits per heavy atom. The number of hydrogen-bond acceptors (Lipinski definition) is 4. The number of phenolic OH excluding ortho intramolecular Hbond substituents is 1. The minimum absolute atomic E-state index is 0.116. The predicted octanol–water partition coefficient (Wildman–Crippen LogP) is 5.37. The second-order valence-corrected chi connectivity index (χ2v) is 8.45. The van der Waals surface area contributed by atoms with Crippen LogP contribution in [0.1, 0.15) is 44.5 Å². The summed E-state index contributed by atoms with van der Waals surface area (Å²) in [7, 11) is 0. The number of aromatic nitrogens is 1. The number of ketones is 1. The first-order valence-corrected chi connectivity index (χ1v) is 10.5. The summed E-state index contributed by atoms with van der Waals surface area (Å²) >= 11 is 1.48. The Balaban J connectivity index is 2.01. The fourth-order valence-corrected chi connectivity index (χ4v) is 4.87. The molecule has 2 aromatic carbocycles. The number of amides is 1. The molecular formula is C24H22N2O3S. The number of phenols is 1. The lowest BCUT2D eigenvalue weighted by Crippen LogP contribution is -2.13. The van der Waals surface area contributed by atoms with Crippen molar-refractivity contribution in [1.29, 1.82) is 0 Å². The van der Waals surface area contributed by atoms with Gasteiger partial charge in [-0.05, 0) is 73.5 Å². The Morgan fingerprint density at radius 1 is 1.03 bits per heavy atom. The lowest BCUT2D eigenvalue weighted by Gasteiger charge is -2.14. The largest absolute Gasteiger partial charge is 0.508 e. The van der Waals surface area contributed by atoms with E-state index in [0.29, 0.717) is 12.0 Å². The first kappa shape index (κ1) is 19.9. The number of rotatable bonds is 5. The molecule has 6 heteroatoms. The molecule has 0 unspecified atom stereocenters. The van der Waals surface area contributed by atoms with Gasteiger partial charge in [0.1, 0.15) is 5.75 Å². The number of aromatic hydroxyl groups is 1. The third-order valence-corrected chi connectivity index (χ3v) is 6.42. The van der Waals surface area contributed by atoms with Crippen LogP contribution >= 0.6 is 11.3 Å². The molecule has 0 atom stereocenters. The summed E-state index contributed by atoms with van der Waals surface area (Å²) in [6.45, 7) is 5.67. The molecule has 3 N–H and O–H groups in total. The highest BCUT2D eigenvalue weighted by Crippen LogP contribution is 2.38. The van der Waals surface area contributed by atoms with Crippen molar-refractivity contribution in [3.05, 3.63) is 70.1 Å². The van der Waals surface area contributed by atoms with E-state index in [1.54, 1.807) is 18.2 Å². The van der Waals surface area contributed by atoms with Gasteiger partial charge in [0.25, 0.3) is 0 Å². The minimum atomic E-state index is -0.460. The molecule has 4 rings (SSSR count). The molecule has 0 spiro atoms. The van der Waals surface area contributed by atoms with Crippen molar-refractivity contribution in [3.63, 3.8) is 0 Å². The van der Waals surface area contributed by atoms with E-state index in [2.05, 4.69) is 10.6 Å². The van der Waals surface area contributed by atoms with Gasteiger partial charge in [0.15, 0.2) is 5.78 Å². The summed E-state index contributed by atoms with van der Waals surface area (Å²) in [5.41, 5.74) is 11.4. The van der Waals surface area contributed by atoms with E-state index >= 15 is 0 Å². The van der Waals surface area contributed by atoms with Crippen molar-refractivity contribution >= 4 is 33.2 Å². The second-order valence-electron chi connectivity index (χ2n) is 7.36. The van der Waals surface area contributed by atoms with Crippen LogP contribution in [-0.4, -0.2) is 21.4 Å². The quantitative estimate of drug-likeness (QED) is 0.427. The van der Waals surface area contributed by atoms with Crippen molar-refractivity contribution in [2.45, 2.75) is 27.2 Å². The van der Waals surface area contributed by atoms with Gasteiger partial charge in [-0.1, -0.05) is 6.92 Å². The molecule has 2 heterocycles. The SMILES string of the molecule is CCC(=O)c1cc2c(cc(-c3ccc(O)cc3C)n2-c2ccc(C(N)=O)c(C)c2)s1. The molecule has 0 fully saturated rings. The van der Waals surface area contributed by atoms with Gasteiger partial charge in [0, 0.05) is 23.2 Å². The smallest absolute Gasteiger partial charge is 0.248 e. The van der Waals surface area contributed by atoms with Crippen molar-refractivity contribution in [2.75, 3.05) is 0 Å². The number of carbonyl (C=O) groups excluding carboxylic acids is 2. The van der Waals surface area contributed by atoms with Crippen molar-refractivity contribution in [1.82, 2.24) is 4.57 Å². The fourth-order valence-electron chi connectivity index (χ4n) is 3.78. The summed E-state index contributed by atoms with van der Waals surface area (Å²) < 4.78 is 3.10. The Bertz CT molecular complexity index is 1310. The number of Topliss-reactive ketones (excluding diaryl/α,β-unsaturated/α-hetero) is 1. The van der Waals surface area contributed by atoms with E-state index in [-0.39, 0.29) is 11.5 Å². The van der Waals surface area contributed by atoms with Gasteiger partial charge in [0.05, 0.1) is 20.8 Å². The van der Waals surface area contributed by atoms with E-state index in [1.807, 2.05) is 45.0 Å². The van der Waals surface area contributed by atoms with Crippen LogP contribution in [-0.2, 0) is 0 Å². The maximum Gasteiger partial charge on any atom is 0.248 e. The number of primary amides is 1. The molecule has 0 aliphatic rings. The summed E-state index contributed by atoms with van der Waals surface area (Å²) in [6.07, 6.45) is 0.458. The summed E-state index contributed by atoms with van der Waals surface area (Å²) in [5.74, 6) is -0.128. The standard InChI is InChI=1S/C24H22N2O3S/c1-4-21(28)23-12-20-22(30-23)11-19(17-8-6-16(27)10-14(17)3)26(20)15-5-7-18(24(25)29)13(2)9-15/h5-12,27H,4H2,1-3H3,(H2,25,29). The molecule has 0 radical (unpaired) electrons. The number of fused-ring (bicyclic) bond motifs is 1. The Kier molecular flexibility index (Phi) is 4.95. The van der Waals surface area contributed by atoms with E-state index in [9.17, 15) is 14.7 Å². The minimum Gasteiger partial charge on any atom is -0.508 e. The molecule has 0 saturated heterocycles. The van der Waals surface area contributed by atoms with Crippen LogP contribution in [0.5, 0.6) is 5.75 Å². The van der Waals surface area contributed by atoms with E-state index in [0.717, 1.165) is 43.2 Å². The molecule has 4 aromatic rings. The normalized spacial score (nSPS) is 11.2. The van der Waals surface area contributed by atoms with Crippen LogP contribution in [0.2, 0.25) is 0 Å². The fraction of sp³-hybridized carbons (Fsp3) is 0.167. The molecule has 1 amide bonds. The molecular weight excluding hydrogens is 396 g/mol. The highest BCUT2D eigenvalue weighted by molar-refractivity contribution is 7.20. The van der Waals surface area contributed by atoms with E-state index in [1.165, 1.54) is 11.3 Å². The van der Waals surface area contributed by atoms with Crippen molar-refractivity contribution < 1.29 is 14.7 Å². The van der Waals surface area contributed by atoms with Crippen molar-refractivity contribution in [2.24, 2.45) is 5.73 Å². The first-order chi connectivity index (χ1) is 14.3. The van der Waals surface area contributed by atoms with Gasteiger partial charge >= 0.3 is 0 Å². The third kappa shape index (κ3) is 3.29. The van der Waals surface area contributed by atoms with Crippen LogP contribution in [0.15, 0.2) is 48.5 Å². The summed E-state index contributed by atoms with van der Waals surface area (Å²) in [4.78, 5) is 24.7. The molecule has 152 valence electrons. The molecule has 30 heavy (non-hydrogen) atoms. The molecule has 5 nitrogen and oxygen atoms in total. The Labute approximate surface area is 178 Å². The number of aryl methyl sites for hydroxylation is 2. The van der Waals surface area contributed by atoms with Gasteiger partial charge in [-0.15, -0.1) is 11.3 Å². The molecule has 2 aromatic heterocycles. The van der Waals surface area contributed by atoms with Crippen LogP contribution < -0.4 is 5.73 Å². The van der Waals surface area contributed by atoms with Gasteiger partial charge in [-0.2, -0.15) is 0 Å². The van der Waals surface area contributed by atoms with Gasteiger partial charge in [-0.25, -0.2) is 0 Å². The maximum absolute atomic E-state index is 12.3. The molecule has 0 aliphatic heterocycles. The Hall–Kier alpha value is -3.38. The highest BCUT2D eigenvalue weighted by atomic mass is 32.1. The highest BCUT2D eigenvalue weighted by Gasteiger charge is 2.19. The molecule has 0 saturated carbocycles. The zero-order valence-corrected chi connectivity index (χ0v) is 17.8. The second kappa shape index (κ2) is 7.46. The molecule has 0 aliphatic carbocycles. The number of thiophene rings is 1. The zero-order chi connectivity index (χ0) is 21.6. The molecule has 0 bridgehead atoms. The summed E-state index contributed by atoms with van der Waals surface area (Å²) in [5, 5.41) is 9.83. The monoisotopic (exact) mass is 418 g/mol. The lowest BCUT2D eigenvalue weighted by atomic mass is 10.0. The average molecular weight is 419 g/mol. The van der Waals surface area contributed by atoms with Crippen LogP contribution in [0.25, 0.3) is 27.2 Å². The average Bonchev–Trinajstić information content (AvgIpc) is 3.24. The topological polar surface area (TPSA) is 85.3 Å². The van der Waals surface area contributed by atoms with Crippen LogP contribution in [0, 0.1) is 13.8 Å². The van der Waals surface area contributed by atoms with Crippen molar-refractivity contribution in [3.8, 4) is 22.7 Å². The number of nitrogens with zero attached hydrogens (tertiary/aromatic N) is 1. The zero-order valence-electron chi connectivity index (χ0n) is 17.0. The van der Waals surface area contributed by atoms with Gasteiger partial charge in [-0.3, -0.25) is 9.59 Å². The van der Waals surface area contributed by atoms with Gasteiger partial charge in [0.2, 0.25) is 5.91 Å². The van der Waals surface area contributed by atoms with E-state index < -0.39 is 5.91 Å². The van der Waals surface area contributed by atoms with Crippen LogP contribution in [0.4, 0.5) is 0 Å². The number of benzene rings is 2. The Morgan fingerprint density at radius 2 is 1.80 bits per heavy atom. The number of nitrogens with two attached hydrogens (primary N) is 1. The number of hydrogen-bond donors (Lipinski definition) is 2. The van der Waals surface area contributed by atoms with Crippen LogP contribution in [0.3, 0.4) is 0 Å². The lowest BCUT2D eigenvalue weighted by molar-refractivity contribution is 0.0987. The predicted molar refractivity (Wildman–Crippen MR) is 121 cm³/mol. The van der Waals surface area contributed by atoms with Gasteiger partial charge < -0.3 is 15.4 Å². The third-order valence-electron chi connectivity index (χ3n) is 5.31. The first-order valence-electron chi connectivity index (χ1n) is 9.69. The number of carbonyl (C=O) groups is 2. The maximum atomic E-state index is 12.3.